The van der Waals surface area contributed by atoms with Gasteiger partial charge < -0.3 is 20.3 Å². The second-order valence-electron chi connectivity index (χ2n) is 10.4. The van der Waals surface area contributed by atoms with Crippen molar-refractivity contribution in [1.29, 1.82) is 0 Å². The summed E-state index contributed by atoms with van der Waals surface area (Å²) in [4.78, 5) is 27.1. The van der Waals surface area contributed by atoms with Crippen LogP contribution in [0.2, 0.25) is 0 Å². The van der Waals surface area contributed by atoms with Gasteiger partial charge in [0.1, 0.15) is 28.3 Å². The Morgan fingerprint density at radius 2 is 1.40 bits per heavy atom. The largest absolute Gasteiger partial charge is 0.444 e. The third kappa shape index (κ3) is 8.16. The lowest BCUT2D eigenvalue weighted by Crippen LogP contribution is -2.64. The predicted molar refractivity (Wildman–Crippen MR) is 153 cm³/mol. The molecule has 0 heterocycles. The highest BCUT2D eigenvalue weighted by Gasteiger charge is 2.56. The molecule has 0 saturated carbocycles. The van der Waals surface area contributed by atoms with Crippen molar-refractivity contribution in [1.82, 2.24) is 10.2 Å². The molecule has 16 heteroatoms. The van der Waals surface area contributed by atoms with Gasteiger partial charge in [0, 0.05) is 46.1 Å². The lowest BCUT2D eigenvalue weighted by Gasteiger charge is -2.46. The Morgan fingerprint density at radius 3 is 1.84 bits per heavy atom. The first-order chi connectivity index (χ1) is 19.9. The quantitative estimate of drug-likeness (QED) is 0.126. The first-order valence-electron chi connectivity index (χ1n) is 12.6. The SMILES string of the molecule is CC(C)(C)OC(=O)N(C(Cl)C(=O)NC(CCO)(c1cc(Br)ccc1F)C(F)F)C(CCO)(c1cc(Br)ccc1F)C(F)F. The van der Waals surface area contributed by atoms with E-state index in [9.17, 15) is 33.0 Å². The maximum Gasteiger partial charge on any atom is 0.412 e. The van der Waals surface area contributed by atoms with Crippen LogP contribution in [0.3, 0.4) is 0 Å². The molecule has 0 aliphatic rings. The molecule has 240 valence electrons. The summed E-state index contributed by atoms with van der Waals surface area (Å²) in [6.45, 7) is 1.95. The van der Waals surface area contributed by atoms with Crippen LogP contribution in [0.1, 0.15) is 44.7 Å². The lowest BCUT2D eigenvalue weighted by atomic mass is 9.84. The molecule has 0 aliphatic carbocycles. The molecule has 7 nitrogen and oxygen atoms in total. The Labute approximate surface area is 265 Å². The molecule has 2 aromatic rings. The summed E-state index contributed by atoms with van der Waals surface area (Å²) in [5, 5.41) is 21.3. The molecule has 0 saturated heterocycles. The number of benzene rings is 2. The number of alkyl halides is 5. The average molecular weight is 771 g/mol. The minimum atomic E-state index is -3.75. The molecular weight excluding hydrogens is 742 g/mol. The molecule has 3 unspecified atom stereocenters. The van der Waals surface area contributed by atoms with Crippen molar-refractivity contribution in [3.8, 4) is 0 Å². The van der Waals surface area contributed by atoms with E-state index in [1.54, 1.807) is 0 Å². The Balaban J connectivity index is 2.86. The zero-order chi connectivity index (χ0) is 32.9. The van der Waals surface area contributed by atoms with Crippen molar-refractivity contribution in [2.75, 3.05) is 13.2 Å². The average Bonchev–Trinajstić information content (AvgIpc) is 2.89. The first-order valence-corrected chi connectivity index (χ1v) is 14.6. The molecule has 2 amide bonds. The van der Waals surface area contributed by atoms with Gasteiger partial charge in [-0.3, -0.25) is 9.69 Å². The van der Waals surface area contributed by atoms with Gasteiger partial charge in [0.15, 0.2) is 5.50 Å². The lowest BCUT2D eigenvalue weighted by molar-refractivity contribution is -0.136. The molecule has 0 bridgehead atoms. The molecule has 0 aromatic heterocycles. The second-order valence-corrected chi connectivity index (χ2v) is 12.6. The van der Waals surface area contributed by atoms with E-state index in [2.05, 4.69) is 31.9 Å². The van der Waals surface area contributed by atoms with E-state index in [0.29, 0.717) is 0 Å². The number of aliphatic hydroxyl groups excluding tert-OH is 2. The molecule has 3 atom stereocenters. The van der Waals surface area contributed by atoms with Crippen LogP contribution in [0, 0.1) is 11.6 Å². The molecular formula is C27H29Br2ClF6N2O5. The second kappa shape index (κ2) is 14.8. The van der Waals surface area contributed by atoms with Crippen LogP contribution in [0.5, 0.6) is 0 Å². The van der Waals surface area contributed by atoms with Crippen molar-refractivity contribution >= 4 is 55.5 Å². The van der Waals surface area contributed by atoms with Gasteiger partial charge in [-0.15, -0.1) is 0 Å². The highest BCUT2D eigenvalue weighted by molar-refractivity contribution is 9.10. The summed E-state index contributed by atoms with van der Waals surface area (Å²) < 4.78 is 95.4. The monoisotopic (exact) mass is 768 g/mol. The van der Waals surface area contributed by atoms with Crippen molar-refractivity contribution in [3.63, 3.8) is 0 Å². The van der Waals surface area contributed by atoms with Crippen molar-refractivity contribution in [2.24, 2.45) is 0 Å². The normalized spacial score (nSPS) is 15.5. The van der Waals surface area contributed by atoms with Crippen molar-refractivity contribution < 1.29 is 50.9 Å². The molecule has 0 fully saturated rings. The van der Waals surface area contributed by atoms with E-state index in [1.807, 2.05) is 5.32 Å². The van der Waals surface area contributed by atoms with E-state index >= 15 is 13.2 Å². The number of carbonyl (C=O) groups is 2. The third-order valence-corrected chi connectivity index (χ3v) is 7.73. The number of nitrogens with one attached hydrogen (secondary N) is 1. The third-order valence-electron chi connectivity index (χ3n) is 6.35. The molecule has 3 N–H and O–H groups in total. The minimum absolute atomic E-state index is 0.0344. The van der Waals surface area contributed by atoms with Gasteiger partial charge in [-0.1, -0.05) is 43.5 Å². The minimum Gasteiger partial charge on any atom is -0.444 e. The number of carbonyl (C=O) groups excluding carboxylic acids is 2. The maximum atomic E-state index is 15.2. The first kappa shape index (κ1) is 37.1. The fourth-order valence-corrected chi connectivity index (χ4v) is 5.47. The molecule has 0 radical (unpaired) electrons. The number of amides is 2. The fraction of sp³-hybridized carbons (Fsp3) is 0.481. The number of rotatable bonds is 12. The van der Waals surface area contributed by atoms with Gasteiger partial charge in [0.25, 0.3) is 18.8 Å². The smallest absolute Gasteiger partial charge is 0.412 e. The number of ether oxygens (including phenoxy) is 1. The van der Waals surface area contributed by atoms with Crippen LogP contribution in [0.4, 0.5) is 31.1 Å². The Hall–Kier alpha value is -2.07. The summed E-state index contributed by atoms with van der Waals surface area (Å²) in [6.07, 6.45) is -11.1. The molecule has 0 spiro atoms. The standard InChI is InChI=1S/C27H29Br2ClF6N2O5/c1-25(2,3)43-24(42)38(27(9-11-40,23(35)36)17-13-15(29)5-7-19(17)32)20(30)21(41)37-26(8-10-39,22(33)34)16-12-14(28)4-6-18(16)31/h4-7,12-13,20,22-23,39-40H,8-11H2,1-3H3,(H,37,41). The summed E-state index contributed by atoms with van der Waals surface area (Å²) in [5.74, 6) is -4.22. The molecule has 0 aliphatic heterocycles. The molecule has 43 heavy (non-hydrogen) atoms. The zero-order valence-electron chi connectivity index (χ0n) is 23.0. The highest BCUT2D eigenvalue weighted by Crippen LogP contribution is 2.44. The number of hydrogen-bond donors (Lipinski definition) is 3. The van der Waals surface area contributed by atoms with E-state index in [0.717, 1.165) is 30.3 Å². The van der Waals surface area contributed by atoms with Gasteiger partial charge >= 0.3 is 6.09 Å². The predicted octanol–water partition coefficient (Wildman–Crippen LogP) is 6.79. The maximum absolute atomic E-state index is 15.2. The van der Waals surface area contributed by atoms with E-state index in [4.69, 9.17) is 16.3 Å². The van der Waals surface area contributed by atoms with Crippen LogP contribution < -0.4 is 5.32 Å². The van der Waals surface area contributed by atoms with Gasteiger partial charge in [-0.05, 0) is 57.2 Å². The Morgan fingerprint density at radius 1 is 0.907 bits per heavy atom. The van der Waals surface area contributed by atoms with Crippen LogP contribution in [-0.2, 0) is 20.6 Å². The van der Waals surface area contributed by atoms with Crippen LogP contribution in [0.25, 0.3) is 0 Å². The van der Waals surface area contributed by atoms with Crippen LogP contribution in [-0.4, -0.2) is 64.3 Å². The summed E-state index contributed by atoms with van der Waals surface area (Å²) in [7, 11) is 0. The number of halogens is 9. The van der Waals surface area contributed by atoms with Crippen molar-refractivity contribution in [3.05, 3.63) is 68.1 Å². The van der Waals surface area contributed by atoms with E-state index in [1.165, 1.54) is 26.8 Å². The summed E-state index contributed by atoms with van der Waals surface area (Å²) in [6, 6.07) is 5.73. The Kier molecular flexibility index (Phi) is 12.8. The Bertz CT molecular complexity index is 1300. The summed E-state index contributed by atoms with van der Waals surface area (Å²) >= 11 is 12.4. The van der Waals surface area contributed by atoms with Gasteiger partial charge in [-0.2, -0.15) is 0 Å². The van der Waals surface area contributed by atoms with Crippen molar-refractivity contribution in [2.45, 2.75) is 68.6 Å². The fourth-order valence-electron chi connectivity index (χ4n) is 4.44. The van der Waals surface area contributed by atoms with E-state index in [-0.39, 0.29) is 13.8 Å². The van der Waals surface area contributed by atoms with Crippen LogP contribution >= 0.6 is 43.5 Å². The van der Waals surface area contributed by atoms with Gasteiger partial charge in [0.2, 0.25) is 0 Å². The molecule has 2 rings (SSSR count). The number of aliphatic hydroxyl groups is 2. The summed E-state index contributed by atoms with van der Waals surface area (Å²) in [5.41, 5.74) is -11.9. The van der Waals surface area contributed by atoms with Crippen LogP contribution in [0.15, 0.2) is 45.3 Å². The van der Waals surface area contributed by atoms with Gasteiger partial charge in [-0.25, -0.2) is 31.1 Å². The van der Waals surface area contributed by atoms with Gasteiger partial charge in [0.05, 0.1) is 0 Å². The molecule has 2 aromatic carbocycles. The highest BCUT2D eigenvalue weighted by atomic mass is 79.9. The topological polar surface area (TPSA) is 99.1 Å². The number of hydrogen-bond acceptors (Lipinski definition) is 5. The van der Waals surface area contributed by atoms with E-state index < -0.39 is 95.8 Å². The number of nitrogens with zero attached hydrogens (tertiary/aromatic N) is 1. The zero-order valence-corrected chi connectivity index (χ0v) is 26.9.